The molecule has 0 saturated heterocycles. The first-order chi connectivity index (χ1) is 14.1. The molecule has 1 heterocycles. The Morgan fingerprint density at radius 1 is 1.14 bits per heavy atom. The van der Waals surface area contributed by atoms with Crippen LogP contribution in [0.5, 0.6) is 0 Å². The van der Waals surface area contributed by atoms with Gasteiger partial charge < -0.3 is 14.8 Å². The van der Waals surface area contributed by atoms with Crippen LogP contribution in [0.2, 0.25) is 5.02 Å². The fraction of sp³-hybridized carbons (Fsp3) is 0.304. The van der Waals surface area contributed by atoms with Crippen molar-refractivity contribution in [1.82, 2.24) is 4.98 Å². The Balaban J connectivity index is 1.38. The van der Waals surface area contributed by atoms with Gasteiger partial charge in [-0.3, -0.25) is 4.79 Å². The molecule has 5 nitrogen and oxygen atoms in total. The smallest absolute Gasteiger partial charge is 0.303 e. The lowest BCUT2D eigenvalue weighted by Gasteiger charge is -2.28. The SMILES string of the molecule is O=C(O)C[C@H]1CC[C@@H](c2ccc(-c3cnc(Nc4cccc(Cl)c4)o3)cc2)CC1. The number of anilines is 2. The number of aromatic nitrogens is 1. The minimum Gasteiger partial charge on any atom is -0.481 e. The van der Waals surface area contributed by atoms with Gasteiger partial charge in [-0.05, 0) is 61.3 Å². The molecule has 0 radical (unpaired) electrons. The number of nitrogens with zero attached hydrogens (tertiary/aromatic N) is 1. The highest BCUT2D eigenvalue weighted by Gasteiger charge is 2.24. The fourth-order valence-electron chi connectivity index (χ4n) is 4.02. The number of benzene rings is 2. The minimum atomic E-state index is -0.686. The molecule has 150 valence electrons. The number of halogens is 1. The highest BCUT2D eigenvalue weighted by molar-refractivity contribution is 6.30. The Kier molecular flexibility index (Phi) is 5.86. The molecule has 6 heteroatoms. The Morgan fingerprint density at radius 3 is 2.59 bits per heavy atom. The van der Waals surface area contributed by atoms with Crippen molar-refractivity contribution in [3.8, 4) is 11.3 Å². The standard InChI is InChI=1S/C23H23ClN2O3/c24-19-2-1-3-20(13-19)26-23-25-14-21(29-23)18-10-8-17(9-11-18)16-6-4-15(5-7-16)12-22(27)28/h1-3,8-11,13-16H,4-7,12H2,(H,25,26)(H,27,28)/t15-,16+. The van der Waals surface area contributed by atoms with Crippen molar-refractivity contribution in [2.75, 3.05) is 5.32 Å². The van der Waals surface area contributed by atoms with E-state index < -0.39 is 5.97 Å². The van der Waals surface area contributed by atoms with Gasteiger partial charge in [-0.15, -0.1) is 0 Å². The second-order valence-electron chi connectivity index (χ2n) is 7.60. The summed E-state index contributed by atoms with van der Waals surface area (Å²) in [6.45, 7) is 0. The van der Waals surface area contributed by atoms with Gasteiger partial charge in [0.25, 0.3) is 6.01 Å². The maximum atomic E-state index is 10.9. The van der Waals surface area contributed by atoms with E-state index in [4.69, 9.17) is 21.1 Å². The number of hydrogen-bond acceptors (Lipinski definition) is 4. The summed E-state index contributed by atoms with van der Waals surface area (Å²) in [4.78, 5) is 15.2. The molecule has 2 N–H and O–H groups in total. The lowest BCUT2D eigenvalue weighted by atomic mass is 9.77. The second kappa shape index (κ2) is 8.70. The summed E-state index contributed by atoms with van der Waals surface area (Å²) < 4.78 is 5.83. The third-order valence-electron chi connectivity index (χ3n) is 5.56. The van der Waals surface area contributed by atoms with Gasteiger partial charge in [-0.1, -0.05) is 41.9 Å². The van der Waals surface area contributed by atoms with Crippen LogP contribution in [0.25, 0.3) is 11.3 Å². The van der Waals surface area contributed by atoms with Gasteiger partial charge in [0.2, 0.25) is 0 Å². The van der Waals surface area contributed by atoms with Crippen molar-refractivity contribution < 1.29 is 14.3 Å². The van der Waals surface area contributed by atoms with Crippen molar-refractivity contribution in [2.24, 2.45) is 5.92 Å². The highest BCUT2D eigenvalue weighted by atomic mass is 35.5. The maximum absolute atomic E-state index is 10.9. The molecule has 1 aliphatic rings. The average molecular weight is 411 g/mol. The molecule has 0 amide bonds. The van der Waals surface area contributed by atoms with Crippen molar-refractivity contribution in [1.29, 1.82) is 0 Å². The van der Waals surface area contributed by atoms with E-state index in [0.717, 1.165) is 36.9 Å². The van der Waals surface area contributed by atoms with Crippen molar-refractivity contribution in [2.45, 2.75) is 38.0 Å². The van der Waals surface area contributed by atoms with Crippen LogP contribution in [0.3, 0.4) is 0 Å². The van der Waals surface area contributed by atoms with Crippen LogP contribution in [-0.2, 0) is 4.79 Å². The zero-order chi connectivity index (χ0) is 20.2. The van der Waals surface area contributed by atoms with Crippen LogP contribution in [-0.4, -0.2) is 16.1 Å². The fourth-order valence-corrected chi connectivity index (χ4v) is 4.21. The molecule has 2 aromatic carbocycles. The molecule has 0 unspecified atom stereocenters. The number of carboxylic acid groups (broad SMARTS) is 1. The Bertz CT molecular complexity index is 976. The lowest BCUT2D eigenvalue weighted by Crippen LogP contribution is -2.16. The summed E-state index contributed by atoms with van der Waals surface area (Å²) in [7, 11) is 0. The molecule has 1 saturated carbocycles. The number of carboxylic acids is 1. The topological polar surface area (TPSA) is 75.4 Å². The van der Waals surface area contributed by atoms with Gasteiger partial charge in [-0.2, -0.15) is 0 Å². The summed E-state index contributed by atoms with van der Waals surface area (Å²) >= 11 is 6.00. The van der Waals surface area contributed by atoms with Crippen LogP contribution in [0, 0.1) is 5.92 Å². The van der Waals surface area contributed by atoms with Gasteiger partial charge in [0.1, 0.15) is 0 Å². The molecular weight excluding hydrogens is 388 g/mol. The number of hydrogen-bond donors (Lipinski definition) is 2. The van der Waals surface area contributed by atoms with E-state index in [1.807, 2.05) is 24.3 Å². The van der Waals surface area contributed by atoms with E-state index in [2.05, 4.69) is 34.6 Å². The van der Waals surface area contributed by atoms with E-state index in [1.165, 1.54) is 5.56 Å². The van der Waals surface area contributed by atoms with Crippen molar-refractivity contribution in [3.05, 3.63) is 65.3 Å². The zero-order valence-electron chi connectivity index (χ0n) is 16.0. The number of oxazole rings is 1. The van der Waals surface area contributed by atoms with Crippen molar-refractivity contribution in [3.63, 3.8) is 0 Å². The first kappa shape index (κ1) is 19.5. The summed E-state index contributed by atoms with van der Waals surface area (Å²) in [5, 5.41) is 12.7. The van der Waals surface area contributed by atoms with E-state index in [9.17, 15) is 4.79 Å². The third-order valence-corrected chi connectivity index (χ3v) is 5.79. The number of carbonyl (C=O) groups is 1. The first-order valence-electron chi connectivity index (χ1n) is 9.87. The molecule has 1 fully saturated rings. The Labute approximate surface area is 174 Å². The quantitative estimate of drug-likeness (QED) is 0.485. The van der Waals surface area contributed by atoms with E-state index in [0.29, 0.717) is 35.1 Å². The van der Waals surface area contributed by atoms with E-state index >= 15 is 0 Å². The average Bonchev–Trinajstić information content (AvgIpc) is 3.17. The van der Waals surface area contributed by atoms with Crippen LogP contribution >= 0.6 is 11.6 Å². The first-order valence-corrected chi connectivity index (χ1v) is 10.2. The van der Waals surface area contributed by atoms with Gasteiger partial charge in [0, 0.05) is 22.7 Å². The summed E-state index contributed by atoms with van der Waals surface area (Å²) in [6.07, 6.45) is 6.07. The second-order valence-corrected chi connectivity index (χ2v) is 8.04. The largest absolute Gasteiger partial charge is 0.481 e. The molecular formula is C23H23ClN2O3. The highest BCUT2D eigenvalue weighted by Crippen LogP contribution is 2.37. The number of aliphatic carboxylic acids is 1. The zero-order valence-corrected chi connectivity index (χ0v) is 16.7. The van der Waals surface area contributed by atoms with Crippen LogP contribution in [0.4, 0.5) is 11.7 Å². The molecule has 1 aromatic heterocycles. The predicted octanol–water partition coefficient (Wildman–Crippen LogP) is 6.49. The van der Waals surface area contributed by atoms with E-state index in [-0.39, 0.29) is 0 Å². The third kappa shape index (κ3) is 4.98. The van der Waals surface area contributed by atoms with Crippen LogP contribution < -0.4 is 5.32 Å². The molecule has 0 atom stereocenters. The van der Waals surface area contributed by atoms with Gasteiger partial charge in [0.05, 0.1) is 6.20 Å². The number of nitrogens with one attached hydrogen (secondary N) is 1. The molecule has 0 aliphatic heterocycles. The summed E-state index contributed by atoms with van der Waals surface area (Å²) in [6, 6.07) is 16.2. The van der Waals surface area contributed by atoms with Crippen molar-refractivity contribution >= 4 is 29.3 Å². The van der Waals surface area contributed by atoms with E-state index in [1.54, 1.807) is 6.20 Å². The maximum Gasteiger partial charge on any atom is 0.303 e. The Morgan fingerprint density at radius 2 is 1.90 bits per heavy atom. The van der Waals surface area contributed by atoms with Gasteiger partial charge >= 0.3 is 5.97 Å². The summed E-state index contributed by atoms with van der Waals surface area (Å²) in [5.41, 5.74) is 3.10. The summed E-state index contributed by atoms with van der Waals surface area (Å²) in [5.74, 6) is 0.840. The molecule has 0 spiro atoms. The lowest BCUT2D eigenvalue weighted by molar-refractivity contribution is -0.138. The van der Waals surface area contributed by atoms with Crippen LogP contribution in [0.15, 0.2) is 59.1 Å². The monoisotopic (exact) mass is 410 g/mol. The molecule has 1 aliphatic carbocycles. The van der Waals surface area contributed by atoms with Gasteiger partial charge in [-0.25, -0.2) is 4.98 Å². The molecule has 4 rings (SSSR count). The molecule has 3 aromatic rings. The number of rotatable bonds is 6. The Hall–Kier alpha value is -2.79. The molecule has 29 heavy (non-hydrogen) atoms. The minimum absolute atomic E-state index is 0.294. The predicted molar refractivity (Wildman–Crippen MR) is 114 cm³/mol. The van der Waals surface area contributed by atoms with Crippen LogP contribution in [0.1, 0.15) is 43.6 Å². The molecule has 0 bridgehead atoms. The van der Waals surface area contributed by atoms with Gasteiger partial charge in [0.15, 0.2) is 5.76 Å². The normalized spacial score (nSPS) is 19.1.